The highest BCUT2D eigenvalue weighted by atomic mass is 32.2. The molecule has 1 amide bonds. The van der Waals surface area contributed by atoms with Gasteiger partial charge in [-0.2, -0.15) is 11.8 Å². The summed E-state index contributed by atoms with van der Waals surface area (Å²) in [6.07, 6.45) is 5.07. The van der Waals surface area contributed by atoms with Crippen LogP contribution in [0, 0.1) is 0 Å². The molecule has 1 N–H and O–H groups in total. The zero-order chi connectivity index (χ0) is 13.2. The first-order valence-corrected chi connectivity index (χ1v) is 8.59. The number of morpholine rings is 1. The lowest BCUT2D eigenvalue weighted by molar-refractivity contribution is -0.142. The summed E-state index contributed by atoms with van der Waals surface area (Å²) >= 11 is 2.07. The molecule has 2 aliphatic heterocycles. The summed E-state index contributed by atoms with van der Waals surface area (Å²) in [5.74, 6) is 1.36. The van der Waals surface area contributed by atoms with E-state index < -0.39 is 0 Å². The Kier molecular flexibility index (Phi) is 4.34. The number of nitrogens with one attached hydrogen (secondary N) is 1. The monoisotopic (exact) mass is 284 g/mol. The van der Waals surface area contributed by atoms with Crippen LogP contribution in [0.1, 0.15) is 32.6 Å². The maximum atomic E-state index is 12.8. The fourth-order valence-corrected chi connectivity index (χ4v) is 5.00. The van der Waals surface area contributed by atoms with Crippen LogP contribution < -0.4 is 5.32 Å². The van der Waals surface area contributed by atoms with Gasteiger partial charge in [-0.15, -0.1) is 0 Å². The molecule has 4 atom stereocenters. The molecule has 2 unspecified atom stereocenters. The van der Waals surface area contributed by atoms with Crippen LogP contribution in [-0.2, 0) is 9.53 Å². The molecule has 0 bridgehead atoms. The molecule has 1 aliphatic carbocycles. The van der Waals surface area contributed by atoms with E-state index in [0.717, 1.165) is 18.8 Å². The van der Waals surface area contributed by atoms with Gasteiger partial charge in [0.1, 0.15) is 6.04 Å². The molecule has 3 aliphatic rings. The zero-order valence-corrected chi connectivity index (χ0v) is 12.5. The number of hydrogen-bond donors (Lipinski definition) is 1. The molecule has 3 rings (SSSR count). The van der Waals surface area contributed by atoms with Crippen molar-refractivity contribution in [2.45, 2.75) is 56.0 Å². The molecule has 19 heavy (non-hydrogen) atoms. The average molecular weight is 284 g/mol. The molecule has 0 aromatic rings. The minimum atomic E-state index is -0.139. The summed E-state index contributed by atoms with van der Waals surface area (Å²) in [5, 5.41) is 4.01. The Bertz CT molecular complexity index is 337. The lowest BCUT2D eigenvalue weighted by Gasteiger charge is -2.45. The van der Waals surface area contributed by atoms with Crippen molar-refractivity contribution in [3.05, 3.63) is 0 Å². The quantitative estimate of drug-likeness (QED) is 0.787. The largest absolute Gasteiger partial charge is 0.375 e. The van der Waals surface area contributed by atoms with Crippen LogP contribution in [0.2, 0.25) is 0 Å². The fourth-order valence-electron chi connectivity index (χ4n) is 3.56. The molecular weight excluding hydrogens is 260 g/mol. The van der Waals surface area contributed by atoms with E-state index in [9.17, 15) is 4.79 Å². The third-order valence-corrected chi connectivity index (χ3v) is 5.99. The first-order valence-electron chi connectivity index (χ1n) is 7.54. The second kappa shape index (κ2) is 6.02. The Morgan fingerprint density at radius 1 is 1.37 bits per heavy atom. The number of carbonyl (C=O) groups is 1. The summed E-state index contributed by atoms with van der Waals surface area (Å²) in [6.45, 7) is 4.42. The standard InChI is InChI=1S/C14H24N2O2S/c1-10-13(15-6-8-18-10)14(17)16-7-9-19-12-5-3-2-4-11(12)16/h10-13,15H,2-9H2,1H3/t10-,11?,12?,13+/m1/s1. The lowest BCUT2D eigenvalue weighted by atomic mass is 9.92. The topological polar surface area (TPSA) is 41.6 Å². The van der Waals surface area contributed by atoms with E-state index >= 15 is 0 Å². The zero-order valence-electron chi connectivity index (χ0n) is 11.6. The number of rotatable bonds is 1. The van der Waals surface area contributed by atoms with Crippen LogP contribution in [0.3, 0.4) is 0 Å². The number of nitrogens with zero attached hydrogens (tertiary/aromatic N) is 1. The van der Waals surface area contributed by atoms with E-state index in [1.54, 1.807) is 0 Å². The molecule has 2 saturated heterocycles. The van der Waals surface area contributed by atoms with Gasteiger partial charge in [-0.1, -0.05) is 12.8 Å². The van der Waals surface area contributed by atoms with Gasteiger partial charge in [0.15, 0.2) is 0 Å². The van der Waals surface area contributed by atoms with Gasteiger partial charge in [0.05, 0.1) is 12.7 Å². The summed E-state index contributed by atoms with van der Waals surface area (Å²) in [5.41, 5.74) is 0. The Morgan fingerprint density at radius 2 is 2.21 bits per heavy atom. The van der Waals surface area contributed by atoms with Crippen molar-refractivity contribution in [2.75, 3.05) is 25.4 Å². The molecule has 1 saturated carbocycles. The Labute approximate surface area is 119 Å². The van der Waals surface area contributed by atoms with E-state index in [1.807, 2.05) is 6.92 Å². The van der Waals surface area contributed by atoms with Crippen molar-refractivity contribution in [3.63, 3.8) is 0 Å². The number of ether oxygens (including phenoxy) is 1. The third kappa shape index (κ3) is 2.78. The lowest BCUT2D eigenvalue weighted by Crippen LogP contribution is -2.61. The molecule has 0 spiro atoms. The molecule has 0 aromatic heterocycles. The maximum Gasteiger partial charge on any atom is 0.242 e. The van der Waals surface area contributed by atoms with Gasteiger partial charge < -0.3 is 15.0 Å². The van der Waals surface area contributed by atoms with Crippen LogP contribution in [-0.4, -0.2) is 59.7 Å². The predicted octanol–water partition coefficient (Wildman–Crippen LogP) is 1.25. The molecule has 0 radical (unpaired) electrons. The van der Waals surface area contributed by atoms with Crippen molar-refractivity contribution in [1.29, 1.82) is 0 Å². The van der Waals surface area contributed by atoms with Gasteiger partial charge in [-0.3, -0.25) is 4.79 Å². The molecular formula is C14H24N2O2S. The van der Waals surface area contributed by atoms with Gasteiger partial charge in [-0.25, -0.2) is 0 Å². The smallest absolute Gasteiger partial charge is 0.242 e. The minimum absolute atomic E-state index is 0.00197. The average Bonchev–Trinajstić information content (AvgIpc) is 2.46. The summed E-state index contributed by atoms with van der Waals surface area (Å²) < 4.78 is 5.62. The SMILES string of the molecule is C[C@H]1OCCN[C@@H]1C(=O)N1CCSC2CCCCC21. The molecule has 3 fully saturated rings. The highest BCUT2D eigenvalue weighted by Crippen LogP contribution is 2.36. The van der Waals surface area contributed by atoms with Crippen LogP contribution in [0.4, 0.5) is 0 Å². The van der Waals surface area contributed by atoms with Crippen molar-refractivity contribution in [2.24, 2.45) is 0 Å². The maximum absolute atomic E-state index is 12.8. The molecule has 108 valence electrons. The van der Waals surface area contributed by atoms with Crippen molar-refractivity contribution < 1.29 is 9.53 Å². The Hall–Kier alpha value is -0.260. The highest BCUT2D eigenvalue weighted by Gasteiger charge is 2.40. The first-order chi connectivity index (χ1) is 9.27. The van der Waals surface area contributed by atoms with Gasteiger partial charge in [0.2, 0.25) is 5.91 Å². The number of hydrogen-bond acceptors (Lipinski definition) is 4. The molecule has 4 nitrogen and oxygen atoms in total. The number of amides is 1. The van der Waals surface area contributed by atoms with E-state index in [-0.39, 0.29) is 18.1 Å². The summed E-state index contributed by atoms with van der Waals surface area (Å²) in [4.78, 5) is 14.9. The Morgan fingerprint density at radius 3 is 3.05 bits per heavy atom. The summed E-state index contributed by atoms with van der Waals surface area (Å²) in [7, 11) is 0. The first kappa shape index (κ1) is 13.7. The van der Waals surface area contributed by atoms with Crippen LogP contribution in [0.15, 0.2) is 0 Å². The fraction of sp³-hybridized carbons (Fsp3) is 0.929. The number of carbonyl (C=O) groups excluding carboxylic acids is 1. The van der Waals surface area contributed by atoms with Gasteiger partial charge >= 0.3 is 0 Å². The van der Waals surface area contributed by atoms with E-state index in [1.165, 1.54) is 25.7 Å². The van der Waals surface area contributed by atoms with E-state index in [0.29, 0.717) is 17.9 Å². The second-order valence-electron chi connectivity index (χ2n) is 5.80. The van der Waals surface area contributed by atoms with Gasteiger partial charge in [0.25, 0.3) is 0 Å². The number of fused-ring (bicyclic) bond motifs is 1. The van der Waals surface area contributed by atoms with E-state index in [2.05, 4.69) is 22.0 Å². The van der Waals surface area contributed by atoms with Crippen LogP contribution in [0.25, 0.3) is 0 Å². The summed E-state index contributed by atoms with van der Waals surface area (Å²) in [6, 6.07) is 0.329. The molecule has 2 heterocycles. The van der Waals surface area contributed by atoms with Crippen molar-refractivity contribution >= 4 is 17.7 Å². The van der Waals surface area contributed by atoms with Crippen LogP contribution >= 0.6 is 11.8 Å². The highest BCUT2D eigenvalue weighted by molar-refractivity contribution is 8.00. The van der Waals surface area contributed by atoms with Gasteiger partial charge in [-0.05, 0) is 19.8 Å². The van der Waals surface area contributed by atoms with Gasteiger partial charge in [0, 0.05) is 30.1 Å². The second-order valence-corrected chi connectivity index (χ2v) is 7.15. The predicted molar refractivity (Wildman–Crippen MR) is 77.4 cm³/mol. The minimum Gasteiger partial charge on any atom is -0.375 e. The molecule has 0 aromatic carbocycles. The Balaban J connectivity index is 1.70. The van der Waals surface area contributed by atoms with Crippen molar-refractivity contribution in [3.8, 4) is 0 Å². The molecule has 5 heteroatoms. The van der Waals surface area contributed by atoms with E-state index in [4.69, 9.17) is 4.74 Å². The normalized spacial score (nSPS) is 39.7. The van der Waals surface area contributed by atoms with Crippen LogP contribution in [0.5, 0.6) is 0 Å². The number of thioether (sulfide) groups is 1. The van der Waals surface area contributed by atoms with Crippen molar-refractivity contribution in [1.82, 2.24) is 10.2 Å². The third-order valence-electron chi connectivity index (χ3n) is 4.60.